The molecule has 0 radical (unpaired) electrons. The minimum Gasteiger partial charge on any atom is -0.469 e. The summed E-state index contributed by atoms with van der Waals surface area (Å²) in [5.74, 6) is -0.812. The maximum Gasteiger partial charge on any atom is 0.309 e. The fourth-order valence-corrected chi connectivity index (χ4v) is 3.58. The van der Waals surface area contributed by atoms with E-state index in [9.17, 15) is 14.7 Å². The van der Waals surface area contributed by atoms with Crippen LogP contribution in [0, 0.1) is 17.8 Å². The summed E-state index contributed by atoms with van der Waals surface area (Å²) in [6, 6.07) is 0. The van der Waals surface area contributed by atoms with Gasteiger partial charge in [0.1, 0.15) is 6.10 Å². The zero-order chi connectivity index (χ0) is 16.1. The summed E-state index contributed by atoms with van der Waals surface area (Å²) in [7, 11) is 1.38. The van der Waals surface area contributed by atoms with E-state index in [0.29, 0.717) is 12.8 Å². The molecular formula is C17H26O5. The van der Waals surface area contributed by atoms with E-state index in [-0.39, 0.29) is 35.8 Å². The minimum absolute atomic E-state index is 0.0238. The van der Waals surface area contributed by atoms with Crippen molar-refractivity contribution in [2.75, 3.05) is 7.11 Å². The zero-order valence-corrected chi connectivity index (χ0v) is 13.4. The Kier molecular flexibility index (Phi) is 6.00. The van der Waals surface area contributed by atoms with Crippen molar-refractivity contribution in [3.8, 4) is 0 Å². The second-order valence-electron chi connectivity index (χ2n) is 6.29. The maximum atomic E-state index is 11.9. The highest BCUT2D eigenvalue weighted by atomic mass is 16.6. The molecule has 5 unspecified atom stereocenters. The number of carbonyl (C=O) groups is 2. The van der Waals surface area contributed by atoms with E-state index in [0.717, 1.165) is 25.7 Å². The minimum atomic E-state index is -0.498. The van der Waals surface area contributed by atoms with Crippen LogP contribution in [0.15, 0.2) is 12.2 Å². The van der Waals surface area contributed by atoms with Crippen LogP contribution in [0.3, 0.4) is 0 Å². The summed E-state index contributed by atoms with van der Waals surface area (Å²) < 4.78 is 10.2. The van der Waals surface area contributed by atoms with Crippen molar-refractivity contribution in [1.29, 1.82) is 0 Å². The van der Waals surface area contributed by atoms with Crippen LogP contribution in [0.25, 0.3) is 0 Å². The second kappa shape index (κ2) is 7.77. The fourth-order valence-electron chi connectivity index (χ4n) is 3.58. The van der Waals surface area contributed by atoms with E-state index in [2.05, 4.69) is 6.92 Å². The summed E-state index contributed by atoms with van der Waals surface area (Å²) in [4.78, 5) is 23.4. The molecule has 0 bridgehead atoms. The van der Waals surface area contributed by atoms with Crippen LogP contribution >= 0.6 is 0 Å². The van der Waals surface area contributed by atoms with Gasteiger partial charge < -0.3 is 14.6 Å². The molecule has 5 atom stereocenters. The van der Waals surface area contributed by atoms with Crippen LogP contribution in [0.4, 0.5) is 0 Å². The van der Waals surface area contributed by atoms with E-state index in [4.69, 9.17) is 9.47 Å². The molecule has 1 N–H and O–H groups in total. The normalized spacial score (nSPS) is 32.0. The number of ether oxygens (including phenoxy) is 2. The van der Waals surface area contributed by atoms with Crippen LogP contribution in [-0.4, -0.2) is 36.4 Å². The van der Waals surface area contributed by atoms with Crippen LogP contribution < -0.4 is 0 Å². The number of aliphatic hydroxyl groups excluding tert-OH is 1. The van der Waals surface area contributed by atoms with Crippen molar-refractivity contribution in [1.82, 2.24) is 0 Å². The predicted molar refractivity (Wildman–Crippen MR) is 80.9 cm³/mol. The Labute approximate surface area is 131 Å². The highest BCUT2D eigenvalue weighted by Gasteiger charge is 2.51. The van der Waals surface area contributed by atoms with Gasteiger partial charge in [-0.2, -0.15) is 0 Å². The zero-order valence-electron chi connectivity index (χ0n) is 13.4. The molecule has 0 amide bonds. The number of unbranched alkanes of at least 4 members (excludes halogenated alkanes) is 2. The third-order valence-corrected chi connectivity index (χ3v) is 4.77. The lowest BCUT2D eigenvalue weighted by Gasteiger charge is -2.18. The molecule has 22 heavy (non-hydrogen) atoms. The molecule has 0 spiro atoms. The molecule has 5 nitrogen and oxygen atoms in total. The Balaban J connectivity index is 2.00. The number of esters is 2. The number of carbonyl (C=O) groups excluding carboxylic acids is 2. The lowest BCUT2D eigenvalue weighted by atomic mass is 9.87. The van der Waals surface area contributed by atoms with Crippen molar-refractivity contribution in [2.24, 2.45) is 17.8 Å². The monoisotopic (exact) mass is 310 g/mol. The molecule has 1 saturated heterocycles. The quantitative estimate of drug-likeness (QED) is 0.443. The molecule has 0 aromatic carbocycles. The average Bonchev–Trinajstić information content (AvgIpc) is 3.00. The van der Waals surface area contributed by atoms with Gasteiger partial charge in [-0.25, -0.2) is 0 Å². The smallest absolute Gasteiger partial charge is 0.309 e. The van der Waals surface area contributed by atoms with E-state index in [1.54, 1.807) is 6.08 Å². The number of rotatable bonds is 7. The van der Waals surface area contributed by atoms with Gasteiger partial charge in [0, 0.05) is 5.92 Å². The molecular weight excluding hydrogens is 284 g/mol. The lowest BCUT2D eigenvalue weighted by Crippen LogP contribution is -2.23. The molecule has 0 aromatic heterocycles. The Bertz CT molecular complexity index is 431. The summed E-state index contributed by atoms with van der Waals surface area (Å²) in [6.07, 6.45) is 7.77. The third-order valence-electron chi connectivity index (χ3n) is 4.77. The van der Waals surface area contributed by atoms with Gasteiger partial charge in [0.15, 0.2) is 0 Å². The van der Waals surface area contributed by atoms with Crippen molar-refractivity contribution in [2.45, 2.75) is 57.7 Å². The van der Waals surface area contributed by atoms with Gasteiger partial charge in [-0.1, -0.05) is 38.3 Å². The van der Waals surface area contributed by atoms with Crippen molar-refractivity contribution >= 4 is 11.9 Å². The fraction of sp³-hybridized carbons (Fsp3) is 0.765. The molecule has 5 heteroatoms. The summed E-state index contributed by atoms with van der Waals surface area (Å²) in [5.41, 5.74) is 0. The number of aliphatic hydroxyl groups is 1. The molecule has 2 fully saturated rings. The predicted octanol–water partition coefficient (Wildman–Crippen LogP) is 2.22. The standard InChI is InChI=1S/C17H26O5/c1-3-4-5-6-11(18)7-8-12-13-10-16(19)22-15(13)9-14(12)17(20)21-2/h7-8,11-15,18H,3-6,9-10H2,1-2H3/b8-7+. The molecule has 1 aliphatic heterocycles. The van der Waals surface area contributed by atoms with E-state index in [1.165, 1.54) is 7.11 Å². The first kappa shape index (κ1) is 17.0. The summed E-state index contributed by atoms with van der Waals surface area (Å²) in [5, 5.41) is 10.0. The number of fused-ring (bicyclic) bond motifs is 1. The summed E-state index contributed by atoms with van der Waals surface area (Å²) in [6.45, 7) is 2.12. The van der Waals surface area contributed by atoms with Gasteiger partial charge in [0.2, 0.25) is 0 Å². The van der Waals surface area contributed by atoms with Gasteiger partial charge in [-0.3, -0.25) is 9.59 Å². The molecule has 1 heterocycles. The van der Waals surface area contributed by atoms with Crippen LogP contribution in [0.2, 0.25) is 0 Å². The highest BCUT2D eigenvalue weighted by molar-refractivity contribution is 5.76. The lowest BCUT2D eigenvalue weighted by molar-refractivity contribution is -0.149. The number of hydrogen-bond donors (Lipinski definition) is 1. The number of hydrogen-bond acceptors (Lipinski definition) is 5. The summed E-state index contributed by atoms with van der Waals surface area (Å²) >= 11 is 0. The van der Waals surface area contributed by atoms with Crippen molar-refractivity contribution < 1.29 is 24.2 Å². The highest BCUT2D eigenvalue weighted by Crippen LogP contribution is 2.46. The Hall–Kier alpha value is -1.36. The molecule has 0 aromatic rings. The van der Waals surface area contributed by atoms with Crippen LogP contribution in [-0.2, 0) is 19.1 Å². The Morgan fingerprint density at radius 1 is 1.50 bits per heavy atom. The maximum absolute atomic E-state index is 11.9. The van der Waals surface area contributed by atoms with Gasteiger partial charge in [0.05, 0.1) is 25.6 Å². The molecule has 124 valence electrons. The van der Waals surface area contributed by atoms with Crippen LogP contribution in [0.5, 0.6) is 0 Å². The Morgan fingerprint density at radius 2 is 2.27 bits per heavy atom. The van der Waals surface area contributed by atoms with Crippen molar-refractivity contribution in [3.63, 3.8) is 0 Å². The molecule has 1 aliphatic carbocycles. The first-order valence-electron chi connectivity index (χ1n) is 8.20. The van der Waals surface area contributed by atoms with Gasteiger partial charge in [0.25, 0.3) is 0 Å². The SMILES string of the molecule is CCCCCC(O)/C=C/C1C(C(=O)OC)CC2OC(=O)CC21. The number of methoxy groups -OCH3 is 1. The molecule has 1 saturated carbocycles. The Morgan fingerprint density at radius 3 is 2.95 bits per heavy atom. The van der Waals surface area contributed by atoms with Gasteiger partial charge in [-0.05, 0) is 18.8 Å². The second-order valence-corrected chi connectivity index (χ2v) is 6.29. The molecule has 2 aliphatic rings. The topological polar surface area (TPSA) is 72.8 Å². The first-order chi connectivity index (χ1) is 10.6. The van der Waals surface area contributed by atoms with E-state index >= 15 is 0 Å². The van der Waals surface area contributed by atoms with Crippen molar-refractivity contribution in [3.05, 3.63) is 12.2 Å². The molecule has 2 rings (SSSR count). The van der Waals surface area contributed by atoms with Crippen LogP contribution in [0.1, 0.15) is 45.4 Å². The number of allylic oxidation sites excluding steroid dienone is 1. The van der Waals surface area contributed by atoms with E-state index < -0.39 is 6.10 Å². The van der Waals surface area contributed by atoms with Gasteiger partial charge in [-0.15, -0.1) is 0 Å². The average molecular weight is 310 g/mol. The first-order valence-corrected chi connectivity index (χ1v) is 8.20. The largest absolute Gasteiger partial charge is 0.469 e. The van der Waals surface area contributed by atoms with E-state index in [1.807, 2.05) is 6.08 Å². The van der Waals surface area contributed by atoms with Gasteiger partial charge >= 0.3 is 11.9 Å². The third kappa shape index (κ3) is 3.88.